The number of thiophene rings is 1. The molecule has 0 saturated heterocycles. The second kappa shape index (κ2) is 8.29. The number of halogens is 1. The Morgan fingerprint density at radius 2 is 1.93 bits per heavy atom. The predicted octanol–water partition coefficient (Wildman–Crippen LogP) is 4.13. The Morgan fingerprint density at radius 1 is 1.17 bits per heavy atom. The first kappa shape index (κ1) is 20.7. The first-order chi connectivity index (χ1) is 14.3. The number of fused-ring (bicyclic) bond motifs is 1. The summed E-state index contributed by atoms with van der Waals surface area (Å²) in [6.45, 7) is 2.56. The maximum absolute atomic E-state index is 13.1. The van der Waals surface area contributed by atoms with E-state index in [-0.39, 0.29) is 28.2 Å². The monoisotopic (exact) mass is 444 g/mol. The quantitative estimate of drug-likeness (QED) is 0.644. The smallest absolute Gasteiger partial charge is 0.251 e. The Kier molecular flexibility index (Phi) is 5.73. The van der Waals surface area contributed by atoms with Gasteiger partial charge in [0.15, 0.2) is 0 Å². The predicted molar refractivity (Wildman–Crippen MR) is 114 cm³/mol. The Balaban J connectivity index is 1.52. The third-order valence-corrected chi connectivity index (χ3v) is 8.09. The van der Waals surface area contributed by atoms with Crippen LogP contribution in [0.2, 0.25) is 0 Å². The van der Waals surface area contributed by atoms with Crippen molar-refractivity contribution in [2.45, 2.75) is 30.8 Å². The molecule has 3 aromatic rings. The fraction of sp³-hybridized carbons (Fsp3) is 0.227. The number of carbonyl (C=O) groups excluding carboxylic acids is 1. The number of carbonyl (C=O) groups is 1. The van der Waals surface area contributed by atoms with Gasteiger partial charge in [-0.25, -0.2) is 12.8 Å². The molecular weight excluding hydrogens is 423 g/mol. The van der Waals surface area contributed by atoms with Crippen molar-refractivity contribution in [2.24, 2.45) is 0 Å². The largest absolute Gasteiger partial charge is 0.346 e. The van der Waals surface area contributed by atoms with Crippen molar-refractivity contribution >= 4 is 27.3 Å². The number of nitrogens with zero attached hydrogens (tertiary/aromatic N) is 1. The van der Waals surface area contributed by atoms with Gasteiger partial charge in [-0.2, -0.15) is 4.31 Å². The van der Waals surface area contributed by atoms with Crippen molar-refractivity contribution in [3.8, 4) is 0 Å². The van der Waals surface area contributed by atoms with E-state index >= 15 is 0 Å². The summed E-state index contributed by atoms with van der Waals surface area (Å²) in [6, 6.07) is 13.6. The number of hydrogen-bond donors (Lipinski definition) is 1. The number of benzene rings is 2. The van der Waals surface area contributed by atoms with Crippen molar-refractivity contribution in [3.63, 3.8) is 0 Å². The van der Waals surface area contributed by atoms with E-state index in [9.17, 15) is 17.6 Å². The molecule has 2 aromatic carbocycles. The molecule has 1 aliphatic rings. The highest BCUT2D eigenvalue weighted by Crippen LogP contribution is 2.28. The van der Waals surface area contributed by atoms with Crippen LogP contribution in [0.25, 0.3) is 0 Å². The SMILES string of the molecule is CC(NC(=O)c1cccc(S(=O)(=O)N2CCc3sccc3C2)c1)c1ccc(F)cc1. The van der Waals surface area contributed by atoms with Gasteiger partial charge in [-0.05, 0) is 66.2 Å². The summed E-state index contributed by atoms with van der Waals surface area (Å²) in [6.07, 6.45) is 0.696. The van der Waals surface area contributed by atoms with Crippen LogP contribution in [-0.2, 0) is 23.0 Å². The number of hydrogen-bond acceptors (Lipinski definition) is 4. The molecule has 1 atom stereocenters. The molecule has 1 aromatic heterocycles. The van der Waals surface area contributed by atoms with E-state index in [2.05, 4.69) is 5.32 Å². The van der Waals surface area contributed by atoms with Gasteiger partial charge in [0.1, 0.15) is 5.82 Å². The Morgan fingerprint density at radius 3 is 2.70 bits per heavy atom. The van der Waals surface area contributed by atoms with Crippen LogP contribution in [-0.4, -0.2) is 25.2 Å². The molecule has 30 heavy (non-hydrogen) atoms. The summed E-state index contributed by atoms with van der Waals surface area (Å²) >= 11 is 1.65. The second-order valence-electron chi connectivity index (χ2n) is 7.23. The van der Waals surface area contributed by atoms with Crippen LogP contribution in [0.1, 0.15) is 39.3 Å². The highest BCUT2D eigenvalue weighted by molar-refractivity contribution is 7.89. The van der Waals surface area contributed by atoms with E-state index in [0.717, 1.165) is 11.1 Å². The standard InChI is InChI=1S/C22H21FN2O3S2/c1-15(16-5-7-19(23)8-6-16)24-22(26)17-3-2-4-20(13-17)30(27,28)25-11-9-21-18(14-25)10-12-29-21/h2-8,10,12-13,15H,9,11,14H2,1H3,(H,24,26). The Bertz CT molecular complexity index is 1170. The van der Waals surface area contributed by atoms with Crippen molar-refractivity contribution in [1.82, 2.24) is 9.62 Å². The number of rotatable bonds is 5. The summed E-state index contributed by atoms with van der Waals surface area (Å²) in [4.78, 5) is 14.0. The summed E-state index contributed by atoms with van der Waals surface area (Å²) in [7, 11) is -3.71. The molecule has 8 heteroatoms. The number of nitrogens with one attached hydrogen (secondary N) is 1. The van der Waals surface area contributed by atoms with E-state index in [0.29, 0.717) is 19.5 Å². The van der Waals surface area contributed by atoms with Crippen LogP contribution in [0, 0.1) is 5.82 Å². The first-order valence-electron chi connectivity index (χ1n) is 9.56. The van der Waals surface area contributed by atoms with Gasteiger partial charge in [-0.3, -0.25) is 4.79 Å². The van der Waals surface area contributed by atoms with Crippen LogP contribution in [0.15, 0.2) is 64.9 Å². The van der Waals surface area contributed by atoms with E-state index in [1.807, 2.05) is 11.4 Å². The summed E-state index contributed by atoms with van der Waals surface area (Å²) < 4.78 is 40.8. The molecule has 0 fully saturated rings. The van der Waals surface area contributed by atoms with Crippen molar-refractivity contribution in [1.29, 1.82) is 0 Å². The molecule has 0 spiro atoms. The maximum atomic E-state index is 13.1. The molecule has 1 amide bonds. The minimum atomic E-state index is -3.71. The lowest BCUT2D eigenvalue weighted by Gasteiger charge is -2.26. The van der Waals surface area contributed by atoms with E-state index in [4.69, 9.17) is 0 Å². The lowest BCUT2D eigenvalue weighted by molar-refractivity contribution is 0.0939. The van der Waals surface area contributed by atoms with Crippen LogP contribution in [0.3, 0.4) is 0 Å². The average Bonchev–Trinajstić information content (AvgIpc) is 3.22. The van der Waals surface area contributed by atoms with Gasteiger partial charge in [0.25, 0.3) is 5.91 Å². The molecule has 2 heterocycles. The maximum Gasteiger partial charge on any atom is 0.251 e. The molecule has 1 aliphatic heterocycles. The Hall–Kier alpha value is -2.55. The summed E-state index contributed by atoms with van der Waals surface area (Å²) in [5.41, 5.74) is 2.06. The fourth-order valence-corrected chi connectivity index (χ4v) is 5.84. The second-order valence-corrected chi connectivity index (χ2v) is 10.2. The van der Waals surface area contributed by atoms with Gasteiger partial charge in [0, 0.05) is 23.5 Å². The highest BCUT2D eigenvalue weighted by atomic mass is 32.2. The topological polar surface area (TPSA) is 66.5 Å². The zero-order valence-corrected chi connectivity index (χ0v) is 18.0. The molecule has 0 saturated carbocycles. The van der Waals surface area contributed by atoms with E-state index in [1.165, 1.54) is 33.4 Å². The van der Waals surface area contributed by atoms with E-state index < -0.39 is 10.0 Å². The molecule has 0 bridgehead atoms. The van der Waals surface area contributed by atoms with Gasteiger partial charge in [0.05, 0.1) is 10.9 Å². The van der Waals surface area contributed by atoms with Gasteiger partial charge in [0.2, 0.25) is 10.0 Å². The van der Waals surface area contributed by atoms with Crippen LogP contribution in [0.4, 0.5) is 4.39 Å². The van der Waals surface area contributed by atoms with E-state index in [1.54, 1.807) is 42.5 Å². The molecular formula is C22H21FN2O3S2. The lowest BCUT2D eigenvalue weighted by Crippen LogP contribution is -2.35. The first-order valence-corrected chi connectivity index (χ1v) is 11.9. The zero-order valence-electron chi connectivity index (χ0n) is 16.3. The number of amides is 1. The van der Waals surface area contributed by atoms with Crippen molar-refractivity contribution in [3.05, 3.63) is 87.4 Å². The average molecular weight is 445 g/mol. The van der Waals surface area contributed by atoms with Crippen LogP contribution >= 0.6 is 11.3 Å². The fourth-order valence-electron chi connectivity index (χ4n) is 3.49. The van der Waals surface area contributed by atoms with Crippen molar-refractivity contribution < 1.29 is 17.6 Å². The molecule has 5 nitrogen and oxygen atoms in total. The lowest BCUT2D eigenvalue weighted by atomic mass is 10.1. The van der Waals surface area contributed by atoms with Gasteiger partial charge >= 0.3 is 0 Å². The zero-order chi connectivity index (χ0) is 21.3. The summed E-state index contributed by atoms with van der Waals surface area (Å²) in [5, 5.41) is 4.81. The van der Waals surface area contributed by atoms with Crippen molar-refractivity contribution in [2.75, 3.05) is 6.54 Å². The van der Waals surface area contributed by atoms with Gasteiger partial charge in [-0.1, -0.05) is 18.2 Å². The third kappa shape index (κ3) is 4.16. The summed E-state index contributed by atoms with van der Waals surface area (Å²) in [5.74, 6) is -0.731. The molecule has 0 aliphatic carbocycles. The Labute approximate surface area is 179 Å². The number of sulfonamides is 1. The minimum Gasteiger partial charge on any atom is -0.346 e. The van der Waals surface area contributed by atoms with Crippen LogP contribution < -0.4 is 5.32 Å². The van der Waals surface area contributed by atoms with Crippen LogP contribution in [0.5, 0.6) is 0 Å². The van der Waals surface area contributed by atoms with Gasteiger partial charge in [-0.15, -0.1) is 11.3 Å². The molecule has 1 unspecified atom stereocenters. The molecule has 4 rings (SSSR count). The van der Waals surface area contributed by atoms with Gasteiger partial charge < -0.3 is 5.32 Å². The molecule has 1 N–H and O–H groups in total. The normalized spacial score (nSPS) is 15.4. The minimum absolute atomic E-state index is 0.100. The highest BCUT2D eigenvalue weighted by Gasteiger charge is 2.29. The molecule has 0 radical (unpaired) electrons. The third-order valence-electron chi connectivity index (χ3n) is 5.22. The molecule has 156 valence electrons.